The fourth-order valence-electron chi connectivity index (χ4n) is 0.810. The molecule has 0 aliphatic rings. The molecule has 0 fully saturated rings. The van der Waals surface area contributed by atoms with Crippen LogP contribution in [0.5, 0.6) is 0 Å². The molecule has 0 atom stereocenters. The number of rotatable bonds is 4. The van der Waals surface area contributed by atoms with Gasteiger partial charge in [0.05, 0.1) is 12.9 Å². The van der Waals surface area contributed by atoms with Gasteiger partial charge in [-0.1, -0.05) is 6.92 Å². The normalized spacial score (nSPS) is 11.4. The summed E-state index contributed by atoms with van der Waals surface area (Å²) in [7, 11) is 0. The van der Waals surface area contributed by atoms with E-state index in [4.69, 9.17) is 0 Å². The fraction of sp³-hybridized carbons (Fsp3) is 0.500. The smallest absolute Gasteiger partial charge is 0.264 e. The first kappa shape index (κ1) is 10.6. The summed E-state index contributed by atoms with van der Waals surface area (Å²) in [5, 5.41) is 2.40. The van der Waals surface area contributed by atoms with E-state index in [0.717, 1.165) is 12.4 Å². The zero-order valence-corrected chi connectivity index (χ0v) is 7.68. The van der Waals surface area contributed by atoms with Gasteiger partial charge in [-0.25, -0.2) is 13.8 Å². The van der Waals surface area contributed by atoms with E-state index in [0.29, 0.717) is 0 Å². The Morgan fingerprint density at radius 2 is 2.36 bits per heavy atom. The van der Waals surface area contributed by atoms with E-state index in [1.54, 1.807) is 0 Å². The SMILES string of the molecule is CCC(F)(F)CNc1cc(=O)[nH]cn1. The molecule has 0 spiro atoms. The molecule has 0 bridgehead atoms. The van der Waals surface area contributed by atoms with E-state index in [1.807, 2.05) is 0 Å². The second-order valence-corrected chi connectivity index (χ2v) is 2.86. The van der Waals surface area contributed by atoms with Gasteiger partial charge < -0.3 is 10.3 Å². The summed E-state index contributed by atoms with van der Waals surface area (Å²) >= 11 is 0. The van der Waals surface area contributed by atoms with Crippen LogP contribution >= 0.6 is 0 Å². The predicted octanol–water partition coefficient (Wildman–Crippen LogP) is 1.23. The first-order valence-corrected chi connectivity index (χ1v) is 4.20. The van der Waals surface area contributed by atoms with Crippen molar-refractivity contribution in [1.82, 2.24) is 9.97 Å². The maximum Gasteiger partial charge on any atom is 0.264 e. The highest BCUT2D eigenvalue weighted by atomic mass is 19.3. The summed E-state index contributed by atoms with van der Waals surface area (Å²) in [6, 6.07) is 1.13. The van der Waals surface area contributed by atoms with Crippen LogP contribution in [0, 0.1) is 0 Å². The highest BCUT2D eigenvalue weighted by Gasteiger charge is 2.25. The number of nitrogens with one attached hydrogen (secondary N) is 2. The lowest BCUT2D eigenvalue weighted by molar-refractivity contribution is 0.0115. The van der Waals surface area contributed by atoms with Crippen LogP contribution in [0.1, 0.15) is 13.3 Å². The van der Waals surface area contributed by atoms with Crippen molar-refractivity contribution in [3.63, 3.8) is 0 Å². The fourth-order valence-corrected chi connectivity index (χ4v) is 0.810. The van der Waals surface area contributed by atoms with Crippen LogP contribution in [0.25, 0.3) is 0 Å². The maximum atomic E-state index is 12.8. The van der Waals surface area contributed by atoms with Crippen LogP contribution in [-0.2, 0) is 0 Å². The Hall–Kier alpha value is -1.46. The molecule has 14 heavy (non-hydrogen) atoms. The van der Waals surface area contributed by atoms with Crippen LogP contribution in [-0.4, -0.2) is 22.4 Å². The Morgan fingerprint density at radius 3 is 2.93 bits per heavy atom. The maximum absolute atomic E-state index is 12.8. The van der Waals surface area contributed by atoms with Crippen molar-refractivity contribution in [3.05, 3.63) is 22.7 Å². The minimum Gasteiger partial charge on any atom is -0.364 e. The summed E-state index contributed by atoms with van der Waals surface area (Å²) in [5.41, 5.74) is -0.373. The molecular weight excluding hydrogens is 192 g/mol. The second kappa shape index (κ2) is 4.17. The zero-order chi connectivity index (χ0) is 10.6. The second-order valence-electron chi connectivity index (χ2n) is 2.86. The summed E-state index contributed by atoms with van der Waals surface area (Å²) in [6.45, 7) is 0.882. The van der Waals surface area contributed by atoms with E-state index in [-0.39, 0.29) is 17.8 Å². The molecule has 2 N–H and O–H groups in total. The van der Waals surface area contributed by atoms with Crippen molar-refractivity contribution in [2.24, 2.45) is 0 Å². The van der Waals surface area contributed by atoms with Crippen LogP contribution in [0.2, 0.25) is 0 Å². The number of aromatic nitrogens is 2. The van der Waals surface area contributed by atoms with E-state index >= 15 is 0 Å². The monoisotopic (exact) mass is 203 g/mol. The number of halogens is 2. The molecule has 0 amide bonds. The molecule has 6 heteroatoms. The molecule has 1 aromatic rings. The Morgan fingerprint density at radius 1 is 1.64 bits per heavy atom. The number of nitrogens with zero attached hydrogens (tertiary/aromatic N) is 1. The molecular formula is C8H11F2N3O. The van der Waals surface area contributed by atoms with E-state index in [9.17, 15) is 13.6 Å². The van der Waals surface area contributed by atoms with Crippen molar-refractivity contribution < 1.29 is 8.78 Å². The molecule has 1 heterocycles. The van der Waals surface area contributed by atoms with E-state index in [2.05, 4.69) is 15.3 Å². The van der Waals surface area contributed by atoms with Gasteiger partial charge in [-0.2, -0.15) is 0 Å². The third-order valence-corrected chi connectivity index (χ3v) is 1.72. The van der Waals surface area contributed by atoms with Crippen molar-refractivity contribution in [1.29, 1.82) is 0 Å². The van der Waals surface area contributed by atoms with Crippen LogP contribution in [0.15, 0.2) is 17.2 Å². The number of H-pyrrole nitrogens is 1. The van der Waals surface area contributed by atoms with Crippen LogP contribution < -0.4 is 10.9 Å². The van der Waals surface area contributed by atoms with Crippen molar-refractivity contribution in [2.75, 3.05) is 11.9 Å². The lowest BCUT2D eigenvalue weighted by atomic mass is 10.2. The molecule has 0 saturated carbocycles. The Balaban J connectivity index is 2.58. The summed E-state index contributed by atoms with van der Waals surface area (Å²) in [4.78, 5) is 16.7. The first-order valence-electron chi connectivity index (χ1n) is 4.20. The predicted molar refractivity (Wildman–Crippen MR) is 48.6 cm³/mol. The molecule has 78 valence electrons. The van der Waals surface area contributed by atoms with Gasteiger partial charge in [-0.3, -0.25) is 4.79 Å². The van der Waals surface area contributed by atoms with Crippen molar-refractivity contribution >= 4 is 5.82 Å². The number of alkyl halides is 2. The van der Waals surface area contributed by atoms with Crippen molar-refractivity contribution in [2.45, 2.75) is 19.3 Å². The molecule has 0 aliphatic carbocycles. The standard InChI is InChI=1S/C8H11F2N3O/c1-2-8(9,10)4-11-6-3-7(14)13-5-12-6/h3,5H,2,4H2,1H3,(H2,11,12,13,14). The number of aromatic amines is 1. The van der Waals surface area contributed by atoms with E-state index < -0.39 is 12.5 Å². The van der Waals surface area contributed by atoms with Gasteiger partial charge in [0.25, 0.3) is 11.5 Å². The third-order valence-electron chi connectivity index (χ3n) is 1.72. The summed E-state index contributed by atoms with van der Waals surface area (Å²) in [6.07, 6.45) is 0.915. The van der Waals surface area contributed by atoms with Crippen LogP contribution in [0.4, 0.5) is 14.6 Å². The minimum atomic E-state index is -2.77. The molecule has 0 unspecified atom stereocenters. The quantitative estimate of drug-likeness (QED) is 0.773. The number of hydrogen-bond acceptors (Lipinski definition) is 3. The number of anilines is 1. The molecule has 0 aliphatic heterocycles. The highest BCUT2D eigenvalue weighted by molar-refractivity contribution is 5.31. The molecule has 0 saturated heterocycles. The van der Waals surface area contributed by atoms with Gasteiger partial charge in [0.2, 0.25) is 0 Å². The van der Waals surface area contributed by atoms with Gasteiger partial charge in [0.15, 0.2) is 0 Å². The first-order chi connectivity index (χ1) is 6.53. The Labute approximate surface area is 79.4 Å². The number of hydrogen-bond donors (Lipinski definition) is 2. The van der Waals surface area contributed by atoms with Gasteiger partial charge in [0, 0.05) is 12.5 Å². The molecule has 0 radical (unpaired) electrons. The largest absolute Gasteiger partial charge is 0.364 e. The summed E-state index contributed by atoms with van der Waals surface area (Å²) in [5.74, 6) is -2.62. The van der Waals surface area contributed by atoms with Gasteiger partial charge in [-0.15, -0.1) is 0 Å². The molecule has 0 aromatic carbocycles. The lowest BCUT2D eigenvalue weighted by Gasteiger charge is -2.14. The minimum absolute atomic E-state index is 0.155. The molecule has 4 nitrogen and oxygen atoms in total. The highest BCUT2D eigenvalue weighted by Crippen LogP contribution is 2.17. The Kier molecular flexibility index (Phi) is 3.16. The van der Waals surface area contributed by atoms with Gasteiger partial charge >= 0.3 is 0 Å². The van der Waals surface area contributed by atoms with Gasteiger partial charge in [-0.05, 0) is 0 Å². The zero-order valence-electron chi connectivity index (χ0n) is 7.68. The van der Waals surface area contributed by atoms with Crippen molar-refractivity contribution in [3.8, 4) is 0 Å². The molecule has 1 aromatic heterocycles. The Bertz CT molecular complexity index is 350. The topological polar surface area (TPSA) is 57.8 Å². The lowest BCUT2D eigenvalue weighted by Crippen LogP contribution is -2.26. The third kappa shape index (κ3) is 3.12. The van der Waals surface area contributed by atoms with E-state index in [1.165, 1.54) is 6.92 Å². The molecule has 1 rings (SSSR count). The average Bonchev–Trinajstić information content (AvgIpc) is 2.15. The average molecular weight is 203 g/mol. The summed E-state index contributed by atoms with van der Waals surface area (Å²) < 4.78 is 25.5. The van der Waals surface area contributed by atoms with Gasteiger partial charge in [0.1, 0.15) is 5.82 Å². The van der Waals surface area contributed by atoms with Crippen LogP contribution in [0.3, 0.4) is 0 Å².